The van der Waals surface area contributed by atoms with Crippen molar-refractivity contribution in [3.05, 3.63) is 35.5 Å². The van der Waals surface area contributed by atoms with Gasteiger partial charge in [0.1, 0.15) is 17.3 Å². The van der Waals surface area contributed by atoms with Gasteiger partial charge in [-0.25, -0.2) is 8.78 Å². The van der Waals surface area contributed by atoms with E-state index in [0.717, 1.165) is 25.3 Å². The highest BCUT2D eigenvalue weighted by Gasteiger charge is 2.27. The van der Waals surface area contributed by atoms with Crippen molar-refractivity contribution in [3.63, 3.8) is 0 Å². The summed E-state index contributed by atoms with van der Waals surface area (Å²) in [7, 11) is -1.12. The molecule has 0 bridgehead atoms. The number of nitrogens with zero attached hydrogens (tertiary/aromatic N) is 1. The molecular formula is C19H26F2N2OSi. The number of amides is 1. The number of aryl methyl sites for hydroxylation is 1. The molecule has 1 aromatic carbocycles. The normalized spacial score (nSPS) is 20.4. The van der Waals surface area contributed by atoms with Crippen molar-refractivity contribution in [3.8, 4) is 0 Å². The fraction of sp³-hybridized carbons (Fsp3) is 0.526. The fourth-order valence-corrected chi connectivity index (χ4v) is 6.42. The molecule has 1 saturated heterocycles. The molecule has 2 heterocycles. The Kier molecular flexibility index (Phi) is 5.00. The average molecular weight is 365 g/mol. The molecule has 1 atom stereocenters. The van der Waals surface area contributed by atoms with Gasteiger partial charge in [-0.15, -0.1) is 0 Å². The van der Waals surface area contributed by atoms with E-state index in [9.17, 15) is 13.6 Å². The number of nitrogens with one attached hydrogen (secondary N) is 1. The third-order valence-corrected chi connectivity index (χ3v) is 8.74. The van der Waals surface area contributed by atoms with E-state index in [1.807, 2.05) is 6.92 Å². The lowest BCUT2D eigenvalue weighted by Crippen LogP contribution is -2.36. The second kappa shape index (κ2) is 6.90. The molecule has 6 heteroatoms. The third-order valence-electron chi connectivity index (χ3n) is 5.39. The predicted octanol–water partition coefficient (Wildman–Crippen LogP) is 4.93. The van der Waals surface area contributed by atoms with Gasteiger partial charge in [-0.05, 0) is 31.9 Å². The topological polar surface area (TPSA) is 34.0 Å². The number of hydrogen-bond donors (Lipinski definition) is 1. The van der Waals surface area contributed by atoms with Gasteiger partial charge in [0.05, 0.1) is 5.52 Å². The van der Waals surface area contributed by atoms with Crippen molar-refractivity contribution in [2.45, 2.75) is 64.0 Å². The van der Waals surface area contributed by atoms with Gasteiger partial charge in [-0.1, -0.05) is 31.6 Å². The van der Waals surface area contributed by atoms with Gasteiger partial charge in [-0.3, -0.25) is 4.79 Å². The van der Waals surface area contributed by atoms with Crippen molar-refractivity contribution in [2.75, 3.05) is 0 Å². The van der Waals surface area contributed by atoms with Crippen LogP contribution in [0.15, 0.2) is 18.2 Å². The lowest BCUT2D eigenvalue weighted by Gasteiger charge is -2.20. The molecule has 136 valence electrons. The molecule has 1 aliphatic heterocycles. The minimum atomic E-state index is -1.12. The molecule has 3 rings (SSSR count). The number of benzene rings is 1. The van der Waals surface area contributed by atoms with Gasteiger partial charge in [0.15, 0.2) is 0 Å². The lowest BCUT2D eigenvalue weighted by molar-refractivity contribution is 0.0925. The third kappa shape index (κ3) is 3.78. The van der Waals surface area contributed by atoms with Crippen LogP contribution in [0.3, 0.4) is 0 Å². The van der Waals surface area contributed by atoms with Crippen LogP contribution in [0.25, 0.3) is 10.9 Å². The van der Waals surface area contributed by atoms with E-state index >= 15 is 0 Å². The first-order valence-corrected chi connectivity index (χ1v) is 12.5. The summed E-state index contributed by atoms with van der Waals surface area (Å²) in [6.07, 6.45) is 3.17. The molecule has 0 spiro atoms. The van der Waals surface area contributed by atoms with E-state index in [1.165, 1.54) is 18.2 Å². The molecule has 2 aromatic rings. The van der Waals surface area contributed by atoms with Crippen LogP contribution in [0.5, 0.6) is 0 Å². The number of carbonyl (C=O) groups is 1. The maximum absolute atomic E-state index is 14.1. The molecule has 0 saturated carbocycles. The molecule has 1 N–H and O–H groups in total. The number of hydrogen-bond acceptors (Lipinski definition) is 1. The SMILES string of the molecule is CCn1c(C(=O)NC2CCC[Si](C)(C)CC2)cc2c(F)cc(F)cc21. The molecule has 3 nitrogen and oxygen atoms in total. The first-order chi connectivity index (χ1) is 11.8. The molecule has 1 aromatic heterocycles. The molecule has 25 heavy (non-hydrogen) atoms. The maximum Gasteiger partial charge on any atom is 0.268 e. The van der Waals surface area contributed by atoms with Gasteiger partial charge in [0, 0.05) is 32.1 Å². The van der Waals surface area contributed by atoms with Gasteiger partial charge in [-0.2, -0.15) is 0 Å². The van der Waals surface area contributed by atoms with Crippen LogP contribution in [0.1, 0.15) is 36.7 Å². The monoisotopic (exact) mass is 364 g/mol. The van der Waals surface area contributed by atoms with Crippen LogP contribution < -0.4 is 5.32 Å². The minimum Gasteiger partial charge on any atom is -0.348 e. The van der Waals surface area contributed by atoms with E-state index < -0.39 is 19.7 Å². The largest absolute Gasteiger partial charge is 0.348 e. The highest BCUT2D eigenvalue weighted by atomic mass is 28.3. The molecule has 1 unspecified atom stereocenters. The van der Waals surface area contributed by atoms with Gasteiger partial charge < -0.3 is 9.88 Å². The van der Waals surface area contributed by atoms with E-state index in [-0.39, 0.29) is 11.9 Å². The highest BCUT2D eigenvalue weighted by Crippen LogP contribution is 2.28. The van der Waals surface area contributed by atoms with Crippen LogP contribution in [-0.4, -0.2) is 24.6 Å². The number of rotatable bonds is 3. The van der Waals surface area contributed by atoms with Crippen LogP contribution in [0.4, 0.5) is 8.78 Å². The average Bonchev–Trinajstić information content (AvgIpc) is 2.82. The van der Waals surface area contributed by atoms with E-state index in [1.54, 1.807) is 10.6 Å². The van der Waals surface area contributed by atoms with Gasteiger partial charge >= 0.3 is 0 Å². The summed E-state index contributed by atoms with van der Waals surface area (Å²) in [6.45, 7) is 7.17. The Morgan fingerprint density at radius 1 is 1.24 bits per heavy atom. The first kappa shape index (κ1) is 18.1. The Balaban J connectivity index is 1.86. The maximum atomic E-state index is 14.1. The quantitative estimate of drug-likeness (QED) is 0.770. The van der Waals surface area contributed by atoms with E-state index in [0.29, 0.717) is 23.1 Å². The molecule has 0 radical (unpaired) electrons. The summed E-state index contributed by atoms with van der Waals surface area (Å²) >= 11 is 0. The van der Waals surface area contributed by atoms with Crippen molar-refractivity contribution in [1.29, 1.82) is 0 Å². The van der Waals surface area contributed by atoms with Gasteiger partial charge in [0.2, 0.25) is 0 Å². The highest BCUT2D eigenvalue weighted by molar-refractivity contribution is 6.77. The van der Waals surface area contributed by atoms with Crippen molar-refractivity contribution in [1.82, 2.24) is 9.88 Å². The fourth-order valence-electron chi connectivity index (χ4n) is 3.88. The lowest BCUT2D eigenvalue weighted by atomic mass is 10.1. The van der Waals surface area contributed by atoms with Crippen LogP contribution in [0.2, 0.25) is 25.2 Å². The Morgan fingerprint density at radius 2 is 2.00 bits per heavy atom. The zero-order chi connectivity index (χ0) is 18.2. The number of carbonyl (C=O) groups excluding carboxylic acids is 1. The number of aromatic nitrogens is 1. The molecule has 1 amide bonds. The van der Waals surface area contributed by atoms with Crippen LogP contribution in [0, 0.1) is 11.6 Å². The van der Waals surface area contributed by atoms with Crippen LogP contribution in [-0.2, 0) is 6.54 Å². The predicted molar refractivity (Wildman–Crippen MR) is 99.7 cm³/mol. The summed E-state index contributed by atoms with van der Waals surface area (Å²) < 4.78 is 29.3. The molecule has 1 aliphatic rings. The summed E-state index contributed by atoms with van der Waals surface area (Å²) in [5.74, 6) is -1.44. The molecule has 1 fully saturated rings. The number of halogens is 2. The summed E-state index contributed by atoms with van der Waals surface area (Å²) in [5, 5.41) is 3.42. The molecular weight excluding hydrogens is 338 g/mol. The Bertz CT molecular complexity index is 800. The molecule has 0 aliphatic carbocycles. The Morgan fingerprint density at radius 3 is 2.72 bits per heavy atom. The second-order valence-electron chi connectivity index (χ2n) is 7.86. The van der Waals surface area contributed by atoms with Crippen molar-refractivity contribution < 1.29 is 13.6 Å². The van der Waals surface area contributed by atoms with E-state index in [4.69, 9.17) is 0 Å². The second-order valence-corrected chi connectivity index (χ2v) is 13.2. The standard InChI is InChI=1S/C19H26F2N2OSi/c1-4-23-17-11-13(20)10-16(21)15(17)12-18(23)19(24)22-14-6-5-8-25(2,3)9-7-14/h10-12,14H,4-9H2,1-3H3,(H,22,24). The summed E-state index contributed by atoms with van der Waals surface area (Å²) in [4.78, 5) is 12.8. The minimum absolute atomic E-state index is 0.173. The van der Waals surface area contributed by atoms with Crippen molar-refractivity contribution >= 4 is 24.9 Å². The first-order valence-electron chi connectivity index (χ1n) is 9.10. The van der Waals surface area contributed by atoms with Gasteiger partial charge in [0.25, 0.3) is 5.91 Å². The zero-order valence-electron chi connectivity index (χ0n) is 15.2. The van der Waals surface area contributed by atoms with Crippen LogP contribution >= 0.6 is 0 Å². The van der Waals surface area contributed by atoms with Crippen molar-refractivity contribution in [2.24, 2.45) is 0 Å². The van der Waals surface area contributed by atoms with E-state index in [2.05, 4.69) is 18.4 Å². The summed E-state index contributed by atoms with van der Waals surface area (Å²) in [5.41, 5.74) is 0.835. The summed E-state index contributed by atoms with van der Waals surface area (Å²) in [6, 6.07) is 6.39. The Labute approximate surface area is 148 Å². The smallest absolute Gasteiger partial charge is 0.268 e. The zero-order valence-corrected chi connectivity index (χ0v) is 16.2. The number of fused-ring (bicyclic) bond motifs is 1. The Hall–Kier alpha value is -1.69.